The molecule has 0 aromatic carbocycles. The summed E-state index contributed by atoms with van der Waals surface area (Å²) in [5.41, 5.74) is 0.725. The van der Waals surface area contributed by atoms with Gasteiger partial charge in [0.1, 0.15) is 0 Å². The van der Waals surface area contributed by atoms with Gasteiger partial charge in [-0.15, -0.1) is 0 Å². The van der Waals surface area contributed by atoms with Crippen molar-refractivity contribution < 1.29 is 13.6 Å². The predicted octanol–water partition coefficient (Wildman–Crippen LogP) is 2.19. The normalized spacial score (nSPS) is 11.9. The van der Waals surface area contributed by atoms with Crippen molar-refractivity contribution in [2.75, 3.05) is 13.2 Å². The lowest BCUT2D eigenvalue weighted by Crippen LogP contribution is -2.00. The topological polar surface area (TPSA) is 53.4 Å². The molecule has 0 saturated heterocycles. The Bertz CT molecular complexity index is 341. The van der Waals surface area contributed by atoms with Crippen LogP contribution in [0.15, 0.2) is 12.3 Å². The van der Waals surface area contributed by atoms with Gasteiger partial charge in [0.05, 0.1) is 25.1 Å². The number of nitrogens with zero attached hydrogens (tertiary/aromatic N) is 2. The first-order chi connectivity index (χ1) is 7.09. The number of hydrogen-bond acceptors (Lipinski definition) is 4. The molecule has 0 aliphatic heterocycles. The van der Waals surface area contributed by atoms with Crippen LogP contribution >= 0.6 is 7.60 Å². The van der Waals surface area contributed by atoms with E-state index in [1.165, 1.54) is 0 Å². The summed E-state index contributed by atoms with van der Waals surface area (Å²) in [5.74, 6) is 0. The Morgan fingerprint density at radius 1 is 1.40 bits per heavy atom. The van der Waals surface area contributed by atoms with Crippen molar-refractivity contribution in [3.8, 4) is 0 Å². The van der Waals surface area contributed by atoms with Crippen LogP contribution in [0.1, 0.15) is 19.5 Å². The third-order valence-electron chi connectivity index (χ3n) is 1.78. The lowest BCUT2D eigenvalue weighted by atomic mass is 10.5. The van der Waals surface area contributed by atoms with E-state index in [9.17, 15) is 4.57 Å². The van der Waals surface area contributed by atoms with E-state index in [4.69, 9.17) is 9.05 Å². The molecule has 0 atom stereocenters. The Morgan fingerprint density at radius 2 is 2.00 bits per heavy atom. The van der Waals surface area contributed by atoms with Crippen molar-refractivity contribution >= 4 is 7.60 Å². The monoisotopic (exact) mass is 232 g/mol. The van der Waals surface area contributed by atoms with Gasteiger partial charge in [-0.2, -0.15) is 5.10 Å². The van der Waals surface area contributed by atoms with Crippen LogP contribution in [0.4, 0.5) is 0 Å². The molecule has 0 unspecified atom stereocenters. The summed E-state index contributed by atoms with van der Waals surface area (Å²) < 4.78 is 24.1. The fourth-order valence-electron chi connectivity index (χ4n) is 1.27. The molecule has 0 fully saturated rings. The first-order valence-electron chi connectivity index (χ1n) is 4.96. The molecule has 1 aromatic rings. The van der Waals surface area contributed by atoms with Crippen LogP contribution in [0.2, 0.25) is 0 Å². The molecule has 1 heterocycles. The van der Waals surface area contributed by atoms with E-state index >= 15 is 0 Å². The fourth-order valence-corrected chi connectivity index (χ4v) is 2.88. The summed E-state index contributed by atoms with van der Waals surface area (Å²) in [6.45, 7) is 4.35. The molecule has 15 heavy (non-hydrogen) atoms. The van der Waals surface area contributed by atoms with Crippen molar-refractivity contribution in [2.45, 2.75) is 20.0 Å². The number of aromatic nitrogens is 2. The van der Waals surface area contributed by atoms with Gasteiger partial charge in [0.15, 0.2) is 0 Å². The van der Waals surface area contributed by atoms with Gasteiger partial charge in [-0.1, -0.05) is 0 Å². The van der Waals surface area contributed by atoms with E-state index in [1.807, 2.05) is 13.1 Å². The van der Waals surface area contributed by atoms with Crippen LogP contribution in [0, 0.1) is 0 Å². The maximum absolute atomic E-state index is 12.1. The zero-order valence-corrected chi connectivity index (χ0v) is 10.2. The van der Waals surface area contributed by atoms with E-state index in [2.05, 4.69) is 5.10 Å². The Kier molecular flexibility index (Phi) is 4.51. The highest BCUT2D eigenvalue weighted by Crippen LogP contribution is 2.50. The second kappa shape index (κ2) is 5.45. The molecule has 0 aliphatic rings. The second-order valence-corrected chi connectivity index (χ2v) is 5.14. The van der Waals surface area contributed by atoms with E-state index in [0.29, 0.717) is 13.2 Å². The minimum atomic E-state index is -3.00. The number of rotatable bonds is 6. The Labute approximate surface area is 89.9 Å². The van der Waals surface area contributed by atoms with Gasteiger partial charge in [-0.25, -0.2) is 0 Å². The first kappa shape index (κ1) is 12.4. The molecule has 86 valence electrons. The van der Waals surface area contributed by atoms with Crippen LogP contribution < -0.4 is 0 Å². The number of aryl methyl sites for hydroxylation is 1. The zero-order chi connectivity index (χ0) is 11.3. The fraction of sp³-hybridized carbons (Fsp3) is 0.667. The molecular formula is C9H17N2O3P. The quantitative estimate of drug-likeness (QED) is 0.705. The third-order valence-corrected chi connectivity index (χ3v) is 3.79. The van der Waals surface area contributed by atoms with Gasteiger partial charge < -0.3 is 9.05 Å². The summed E-state index contributed by atoms with van der Waals surface area (Å²) in [7, 11) is -1.19. The van der Waals surface area contributed by atoms with Crippen LogP contribution in [0.25, 0.3) is 0 Å². The highest BCUT2D eigenvalue weighted by molar-refractivity contribution is 7.53. The van der Waals surface area contributed by atoms with Gasteiger partial charge in [0.25, 0.3) is 0 Å². The molecule has 0 N–H and O–H groups in total. The average Bonchev–Trinajstić information content (AvgIpc) is 2.51. The second-order valence-electron chi connectivity index (χ2n) is 3.09. The number of hydrogen-bond donors (Lipinski definition) is 0. The Morgan fingerprint density at radius 3 is 2.40 bits per heavy atom. The standard InChI is InChI=1S/C9H17N2O3P/c1-4-13-15(12,14-5-2)8-9-6-7-11(3)10-9/h6-7H,4-5,8H2,1-3H3. The zero-order valence-electron chi connectivity index (χ0n) is 9.34. The van der Waals surface area contributed by atoms with Gasteiger partial charge in [-0.05, 0) is 19.9 Å². The van der Waals surface area contributed by atoms with Crippen LogP contribution in [-0.2, 0) is 26.8 Å². The maximum Gasteiger partial charge on any atom is 0.336 e. The smallest absolute Gasteiger partial charge is 0.309 e. The third kappa shape index (κ3) is 3.78. The van der Waals surface area contributed by atoms with Crippen LogP contribution in [0.5, 0.6) is 0 Å². The summed E-state index contributed by atoms with van der Waals surface area (Å²) >= 11 is 0. The average molecular weight is 232 g/mol. The predicted molar refractivity (Wildman–Crippen MR) is 57.8 cm³/mol. The molecular weight excluding hydrogens is 215 g/mol. The van der Waals surface area contributed by atoms with Crippen molar-refractivity contribution in [1.82, 2.24) is 9.78 Å². The van der Waals surface area contributed by atoms with Gasteiger partial charge in [0, 0.05) is 13.2 Å². The summed E-state index contributed by atoms with van der Waals surface area (Å²) in [6.07, 6.45) is 2.03. The van der Waals surface area contributed by atoms with E-state index in [-0.39, 0.29) is 6.16 Å². The Balaban J connectivity index is 2.70. The molecule has 1 aromatic heterocycles. The van der Waals surface area contributed by atoms with Crippen LogP contribution in [0.3, 0.4) is 0 Å². The van der Waals surface area contributed by atoms with Crippen molar-refractivity contribution in [3.63, 3.8) is 0 Å². The maximum atomic E-state index is 12.1. The molecule has 0 saturated carbocycles. The van der Waals surface area contributed by atoms with Crippen molar-refractivity contribution in [1.29, 1.82) is 0 Å². The summed E-state index contributed by atoms with van der Waals surface area (Å²) in [5, 5.41) is 4.14. The lowest BCUT2D eigenvalue weighted by molar-refractivity contribution is 0.219. The minimum Gasteiger partial charge on any atom is -0.309 e. The molecule has 0 spiro atoms. The first-order valence-corrected chi connectivity index (χ1v) is 6.69. The Hall–Kier alpha value is -0.640. The summed E-state index contributed by atoms with van der Waals surface area (Å²) in [4.78, 5) is 0. The molecule has 0 radical (unpaired) electrons. The van der Waals surface area contributed by atoms with Crippen LogP contribution in [-0.4, -0.2) is 23.0 Å². The van der Waals surface area contributed by atoms with E-state index < -0.39 is 7.60 Å². The molecule has 0 aliphatic carbocycles. The lowest BCUT2D eigenvalue weighted by Gasteiger charge is -2.15. The molecule has 0 bridgehead atoms. The largest absolute Gasteiger partial charge is 0.336 e. The highest BCUT2D eigenvalue weighted by Gasteiger charge is 2.25. The van der Waals surface area contributed by atoms with Crippen molar-refractivity contribution in [3.05, 3.63) is 18.0 Å². The molecule has 6 heteroatoms. The minimum absolute atomic E-state index is 0.232. The summed E-state index contributed by atoms with van der Waals surface area (Å²) in [6, 6.07) is 1.81. The molecule has 0 amide bonds. The molecule has 1 rings (SSSR count). The van der Waals surface area contributed by atoms with E-state index in [0.717, 1.165) is 5.69 Å². The highest BCUT2D eigenvalue weighted by atomic mass is 31.2. The van der Waals surface area contributed by atoms with Gasteiger partial charge in [0.2, 0.25) is 0 Å². The SMILES string of the molecule is CCOP(=O)(Cc1ccn(C)n1)OCC. The van der Waals surface area contributed by atoms with Gasteiger partial charge >= 0.3 is 7.60 Å². The van der Waals surface area contributed by atoms with E-state index in [1.54, 1.807) is 24.7 Å². The van der Waals surface area contributed by atoms with Crippen molar-refractivity contribution in [2.24, 2.45) is 7.05 Å². The molecule has 5 nitrogen and oxygen atoms in total. The van der Waals surface area contributed by atoms with Gasteiger partial charge in [-0.3, -0.25) is 9.25 Å².